The van der Waals surface area contributed by atoms with Gasteiger partial charge in [0.2, 0.25) is 17.8 Å². The lowest BCUT2D eigenvalue weighted by Gasteiger charge is -2.16. The molecule has 0 saturated carbocycles. The van der Waals surface area contributed by atoms with Crippen LogP contribution in [-0.2, 0) is 13.1 Å². The normalized spacial score (nSPS) is 11.1. The van der Waals surface area contributed by atoms with Gasteiger partial charge in [0.05, 0.1) is 18.3 Å². The predicted molar refractivity (Wildman–Crippen MR) is 132 cm³/mol. The van der Waals surface area contributed by atoms with Crippen LogP contribution in [0.5, 0.6) is 11.5 Å². The topological polar surface area (TPSA) is 86.9 Å². The number of aryl methyl sites for hydroxylation is 1. The van der Waals surface area contributed by atoms with Crippen LogP contribution in [0.2, 0.25) is 5.02 Å². The quantitative estimate of drug-likeness (QED) is 0.291. The number of nitrogens with zero attached hydrogens (tertiary/aromatic N) is 5. The van der Waals surface area contributed by atoms with Crippen molar-refractivity contribution in [2.45, 2.75) is 20.0 Å². The van der Waals surface area contributed by atoms with Gasteiger partial charge >= 0.3 is 5.56 Å². The van der Waals surface area contributed by atoms with Gasteiger partial charge in [0.25, 0.3) is 0 Å². The Morgan fingerprint density at radius 2 is 1.67 bits per heavy atom. The maximum atomic E-state index is 13.3. The maximum absolute atomic E-state index is 13.3. The van der Waals surface area contributed by atoms with Crippen LogP contribution in [0, 0.1) is 11.9 Å². The van der Waals surface area contributed by atoms with Crippen molar-refractivity contribution in [2.24, 2.45) is 0 Å². The van der Waals surface area contributed by atoms with Crippen molar-refractivity contribution < 1.29 is 13.5 Å². The average Bonchev–Trinajstić information content (AvgIpc) is 3.28. The summed E-state index contributed by atoms with van der Waals surface area (Å²) in [6.07, 6.45) is 1.65. The number of hydrogen-bond donors (Lipinski definition) is 1. The molecule has 0 spiro atoms. The van der Waals surface area contributed by atoms with Crippen molar-refractivity contribution in [2.75, 3.05) is 5.32 Å². The molecule has 5 aromatic rings. The van der Waals surface area contributed by atoms with Crippen molar-refractivity contribution in [3.63, 3.8) is 0 Å². The van der Waals surface area contributed by atoms with Crippen LogP contribution in [0.4, 0.5) is 20.4 Å². The van der Waals surface area contributed by atoms with Crippen LogP contribution in [0.1, 0.15) is 12.5 Å². The van der Waals surface area contributed by atoms with Crippen molar-refractivity contribution in [1.82, 2.24) is 24.3 Å². The summed E-state index contributed by atoms with van der Waals surface area (Å²) in [5.74, 6) is -1.29. The van der Waals surface area contributed by atoms with E-state index in [0.717, 1.165) is 17.7 Å². The molecule has 0 aliphatic rings. The number of fused-ring (bicyclic) bond motifs is 1. The fraction of sp³-hybridized carbons (Fsp3) is 0.120. The number of pyridine rings is 1. The van der Waals surface area contributed by atoms with Crippen LogP contribution >= 0.6 is 11.6 Å². The van der Waals surface area contributed by atoms with Crippen molar-refractivity contribution in [1.29, 1.82) is 0 Å². The van der Waals surface area contributed by atoms with E-state index in [2.05, 4.69) is 20.4 Å². The van der Waals surface area contributed by atoms with Crippen LogP contribution in [0.15, 0.2) is 71.7 Å². The van der Waals surface area contributed by atoms with Crippen LogP contribution in [0.3, 0.4) is 0 Å². The molecule has 0 radical (unpaired) electrons. The van der Waals surface area contributed by atoms with Crippen molar-refractivity contribution in [3.05, 3.63) is 99.7 Å². The summed E-state index contributed by atoms with van der Waals surface area (Å²) >= 11 is 6.03. The number of ether oxygens (including phenoxy) is 1. The third kappa shape index (κ3) is 4.89. The lowest BCUT2D eigenvalue weighted by Crippen LogP contribution is -2.20. The molecular formula is C25H19ClF2N6O2. The van der Waals surface area contributed by atoms with Gasteiger partial charge in [-0.3, -0.25) is 9.48 Å². The van der Waals surface area contributed by atoms with Gasteiger partial charge in [-0.25, -0.2) is 0 Å². The molecule has 0 atom stereocenters. The SMILES string of the molecule is CCn1ncc2c1c(=O)nc(Nc1ccc(Oc3cc(F)nc(F)c3)cc1)n2Cc1ccc(Cl)cc1. The molecule has 3 aromatic heterocycles. The molecule has 0 bridgehead atoms. The zero-order valence-corrected chi connectivity index (χ0v) is 19.7. The average molecular weight is 509 g/mol. The molecular weight excluding hydrogens is 490 g/mol. The first-order valence-electron chi connectivity index (χ1n) is 11.0. The summed E-state index contributed by atoms with van der Waals surface area (Å²) in [4.78, 5) is 20.2. The van der Waals surface area contributed by atoms with Gasteiger partial charge in [0.15, 0.2) is 5.52 Å². The molecule has 2 aromatic carbocycles. The highest BCUT2D eigenvalue weighted by Crippen LogP contribution is 2.26. The third-order valence-corrected chi connectivity index (χ3v) is 5.66. The van der Waals surface area contributed by atoms with Gasteiger partial charge in [-0.15, -0.1) is 0 Å². The van der Waals surface area contributed by atoms with Crippen LogP contribution in [-0.4, -0.2) is 24.3 Å². The molecule has 1 N–H and O–H groups in total. The lowest BCUT2D eigenvalue weighted by molar-refractivity contribution is 0.451. The molecule has 0 aliphatic carbocycles. The minimum Gasteiger partial charge on any atom is -0.457 e. The summed E-state index contributed by atoms with van der Waals surface area (Å²) in [5.41, 5.74) is 2.22. The maximum Gasteiger partial charge on any atom is 0.300 e. The highest BCUT2D eigenvalue weighted by Gasteiger charge is 2.16. The number of nitrogens with one attached hydrogen (secondary N) is 1. The van der Waals surface area contributed by atoms with E-state index in [1.807, 2.05) is 23.6 Å². The van der Waals surface area contributed by atoms with E-state index < -0.39 is 17.5 Å². The Bertz CT molecular complexity index is 1580. The van der Waals surface area contributed by atoms with E-state index in [4.69, 9.17) is 16.3 Å². The summed E-state index contributed by atoms with van der Waals surface area (Å²) in [6, 6.07) is 16.0. The van der Waals surface area contributed by atoms with Gasteiger partial charge in [-0.2, -0.15) is 23.8 Å². The van der Waals surface area contributed by atoms with E-state index >= 15 is 0 Å². The number of rotatable bonds is 7. The van der Waals surface area contributed by atoms with Gasteiger partial charge in [0, 0.05) is 29.4 Å². The van der Waals surface area contributed by atoms with Gasteiger partial charge in [-0.1, -0.05) is 23.7 Å². The predicted octanol–water partition coefficient (Wildman–Crippen LogP) is 5.52. The second-order valence-corrected chi connectivity index (χ2v) is 8.28. The molecule has 182 valence electrons. The molecule has 0 saturated heterocycles. The Labute approximate surface area is 208 Å². The highest BCUT2D eigenvalue weighted by molar-refractivity contribution is 6.30. The fourth-order valence-corrected chi connectivity index (χ4v) is 3.88. The summed E-state index contributed by atoms with van der Waals surface area (Å²) < 4.78 is 35.7. The molecule has 3 heterocycles. The molecule has 36 heavy (non-hydrogen) atoms. The van der Waals surface area contributed by atoms with E-state index in [1.165, 1.54) is 0 Å². The van der Waals surface area contributed by atoms with E-state index in [0.29, 0.717) is 46.5 Å². The largest absolute Gasteiger partial charge is 0.457 e. The summed E-state index contributed by atoms with van der Waals surface area (Å²) in [5, 5.41) is 8.14. The van der Waals surface area contributed by atoms with Crippen molar-refractivity contribution in [3.8, 4) is 11.5 Å². The second-order valence-electron chi connectivity index (χ2n) is 7.85. The monoisotopic (exact) mass is 508 g/mol. The molecule has 0 unspecified atom stereocenters. The van der Waals surface area contributed by atoms with Gasteiger partial charge < -0.3 is 14.6 Å². The first kappa shape index (κ1) is 23.4. The fourth-order valence-electron chi connectivity index (χ4n) is 3.76. The lowest BCUT2D eigenvalue weighted by atomic mass is 10.2. The second kappa shape index (κ2) is 9.74. The number of hydrogen-bond acceptors (Lipinski definition) is 6. The van der Waals surface area contributed by atoms with E-state index in [1.54, 1.807) is 47.3 Å². The smallest absolute Gasteiger partial charge is 0.300 e. The molecule has 8 nitrogen and oxygen atoms in total. The van der Waals surface area contributed by atoms with Gasteiger partial charge in [-0.05, 0) is 48.9 Å². The zero-order valence-electron chi connectivity index (χ0n) is 19.0. The molecule has 0 amide bonds. The Balaban J connectivity index is 1.47. The van der Waals surface area contributed by atoms with E-state index in [-0.39, 0.29) is 5.75 Å². The summed E-state index contributed by atoms with van der Waals surface area (Å²) in [6.45, 7) is 2.85. The van der Waals surface area contributed by atoms with Crippen LogP contribution < -0.4 is 15.6 Å². The molecule has 0 fully saturated rings. The minimum atomic E-state index is -0.977. The number of aromatic nitrogens is 5. The molecule has 5 rings (SSSR count). The third-order valence-electron chi connectivity index (χ3n) is 5.41. The number of benzene rings is 2. The Kier molecular flexibility index (Phi) is 6.34. The van der Waals surface area contributed by atoms with Crippen molar-refractivity contribution >= 4 is 34.3 Å². The molecule has 11 heteroatoms. The Morgan fingerprint density at radius 1 is 0.972 bits per heavy atom. The van der Waals surface area contributed by atoms with Crippen LogP contribution in [0.25, 0.3) is 11.0 Å². The number of halogens is 3. The van der Waals surface area contributed by atoms with E-state index in [9.17, 15) is 13.6 Å². The minimum absolute atomic E-state index is 0.0161. The van der Waals surface area contributed by atoms with Gasteiger partial charge in [0.1, 0.15) is 11.5 Å². The number of anilines is 2. The standard InChI is InChI=1S/C25H19ClF2N6O2/c1-2-34-23-20(13-29-34)33(14-15-3-5-16(26)6-4-15)25(32-24(23)35)30-17-7-9-18(10-8-17)36-19-11-21(27)31-22(28)12-19/h3-13H,2,14H2,1H3,(H,30,32,35). The highest BCUT2D eigenvalue weighted by atomic mass is 35.5. The first-order chi connectivity index (χ1) is 17.4. The Morgan fingerprint density at radius 3 is 2.33 bits per heavy atom. The summed E-state index contributed by atoms with van der Waals surface area (Å²) in [7, 11) is 0. The first-order valence-corrected chi connectivity index (χ1v) is 11.4. The molecule has 0 aliphatic heterocycles. The zero-order chi connectivity index (χ0) is 25.2. The Hall–Kier alpha value is -4.31.